The van der Waals surface area contributed by atoms with Crippen LogP contribution in [0.5, 0.6) is 0 Å². The smallest absolute Gasteiger partial charge is 0.307 e. The van der Waals surface area contributed by atoms with Gasteiger partial charge in [-0.2, -0.15) is 0 Å². The number of hydrogen-bond donors (Lipinski definition) is 0. The van der Waals surface area contributed by atoms with E-state index in [-0.39, 0.29) is 30.7 Å². The summed E-state index contributed by atoms with van der Waals surface area (Å²) in [7, 11) is 1.31. The van der Waals surface area contributed by atoms with Crippen molar-refractivity contribution >= 4 is 23.2 Å². The molecule has 0 aliphatic heterocycles. The summed E-state index contributed by atoms with van der Waals surface area (Å²) in [5.41, 5.74) is 0.802. The zero-order chi connectivity index (χ0) is 15.9. The van der Waals surface area contributed by atoms with E-state index >= 15 is 0 Å². The van der Waals surface area contributed by atoms with E-state index in [0.717, 1.165) is 5.56 Å². The van der Waals surface area contributed by atoms with E-state index in [4.69, 9.17) is 0 Å². The molecule has 0 saturated heterocycles. The number of carbonyl (C=O) groups excluding carboxylic acids is 2. The zero-order valence-electron chi connectivity index (χ0n) is 12.1. The van der Waals surface area contributed by atoms with Gasteiger partial charge in [-0.25, -0.2) is 4.39 Å². The van der Waals surface area contributed by atoms with Crippen LogP contribution in [0.2, 0.25) is 0 Å². The molecule has 0 aliphatic rings. The molecule has 0 radical (unpaired) electrons. The Morgan fingerprint density at radius 1 is 1.23 bits per heavy atom. The minimum absolute atomic E-state index is 0.120. The lowest BCUT2D eigenvalue weighted by Crippen LogP contribution is -2.32. The minimum Gasteiger partial charge on any atom is -0.469 e. The van der Waals surface area contributed by atoms with E-state index in [1.807, 2.05) is 5.38 Å². The average Bonchev–Trinajstić information content (AvgIpc) is 3.06. The third kappa shape index (κ3) is 4.39. The number of esters is 1. The third-order valence-electron chi connectivity index (χ3n) is 3.12. The summed E-state index contributed by atoms with van der Waals surface area (Å²) in [6.07, 6.45) is 0.120. The molecule has 1 aromatic heterocycles. The molecule has 0 atom stereocenters. The summed E-state index contributed by atoms with van der Waals surface area (Å²) in [5, 5.41) is 1.82. The summed E-state index contributed by atoms with van der Waals surface area (Å²) in [4.78, 5) is 26.0. The molecule has 2 rings (SSSR count). The largest absolute Gasteiger partial charge is 0.469 e. The van der Waals surface area contributed by atoms with Crippen molar-refractivity contribution in [2.45, 2.75) is 13.0 Å². The Balaban J connectivity index is 2.11. The standard InChI is InChI=1S/C16H16FNO3S/c1-21-15(19)8-9-18(16(20)14-3-2-10-22-14)11-12-4-6-13(17)7-5-12/h2-7,10H,8-9,11H2,1H3. The number of rotatable bonds is 6. The van der Waals surface area contributed by atoms with Gasteiger partial charge in [-0.05, 0) is 29.1 Å². The lowest BCUT2D eigenvalue weighted by molar-refractivity contribution is -0.140. The van der Waals surface area contributed by atoms with Gasteiger partial charge in [-0.1, -0.05) is 18.2 Å². The molecule has 1 amide bonds. The van der Waals surface area contributed by atoms with E-state index in [2.05, 4.69) is 4.74 Å². The van der Waals surface area contributed by atoms with Gasteiger partial charge in [0.25, 0.3) is 5.91 Å². The fourth-order valence-corrected chi connectivity index (χ4v) is 2.64. The van der Waals surface area contributed by atoms with Crippen molar-refractivity contribution in [2.24, 2.45) is 0 Å². The maximum Gasteiger partial charge on any atom is 0.307 e. The minimum atomic E-state index is -0.372. The first-order chi connectivity index (χ1) is 10.6. The van der Waals surface area contributed by atoms with Crippen molar-refractivity contribution in [1.82, 2.24) is 4.90 Å². The van der Waals surface area contributed by atoms with Crippen LogP contribution in [0, 0.1) is 5.82 Å². The van der Waals surface area contributed by atoms with Crippen molar-refractivity contribution in [2.75, 3.05) is 13.7 Å². The number of nitrogens with zero attached hydrogens (tertiary/aromatic N) is 1. The molecule has 1 heterocycles. The fourth-order valence-electron chi connectivity index (χ4n) is 1.95. The second kappa shape index (κ2) is 7.70. The van der Waals surface area contributed by atoms with Crippen LogP contribution >= 0.6 is 11.3 Å². The highest BCUT2D eigenvalue weighted by atomic mass is 32.1. The van der Waals surface area contributed by atoms with Gasteiger partial charge in [0.1, 0.15) is 5.82 Å². The molecule has 0 bridgehead atoms. The highest BCUT2D eigenvalue weighted by Crippen LogP contribution is 2.15. The quantitative estimate of drug-likeness (QED) is 0.768. The average molecular weight is 321 g/mol. The van der Waals surface area contributed by atoms with Gasteiger partial charge >= 0.3 is 5.97 Å². The van der Waals surface area contributed by atoms with Crippen LogP contribution in [0.25, 0.3) is 0 Å². The predicted octanol–water partition coefficient (Wildman–Crippen LogP) is 3.09. The maximum atomic E-state index is 13.0. The van der Waals surface area contributed by atoms with Crippen LogP contribution in [-0.4, -0.2) is 30.4 Å². The second-order valence-electron chi connectivity index (χ2n) is 4.66. The summed E-state index contributed by atoms with van der Waals surface area (Å²) < 4.78 is 17.6. The summed E-state index contributed by atoms with van der Waals surface area (Å²) in [6.45, 7) is 0.564. The van der Waals surface area contributed by atoms with Crippen LogP contribution in [0.4, 0.5) is 4.39 Å². The Hall–Kier alpha value is -2.21. The van der Waals surface area contributed by atoms with Gasteiger partial charge in [0.2, 0.25) is 0 Å². The number of ether oxygens (including phenoxy) is 1. The van der Waals surface area contributed by atoms with Crippen LogP contribution in [-0.2, 0) is 16.1 Å². The number of carbonyl (C=O) groups is 2. The predicted molar refractivity (Wildman–Crippen MR) is 82.1 cm³/mol. The number of halogens is 1. The van der Waals surface area contributed by atoms with Gasteiger partial charge in [0.05, 0.1) is 18.4 Å². The highest BCUT2D eigenvalue weighted by molar-refractivity contribution is 7.12. The van der Waals surface area contributed by atoms with Gasteiger partial charge in [0, 0.05) is 13.1 Å². The van der Waals surface area contributed by atoms with E-state index < -0.39 is 0 Å². The first-order valence-electron chi connectivity index (χ1n) is 6.74. The van der Waals surface area contributed by atoms with Crippen LogP contribution in [0.3, 0.4) is 0 Å². The topological polar surface area (TPSA) is 46.6 Å². The van der Waals surface area contributed by atoms with Crippen molar-refractivity contribution in [1.29, 1.82) is 0 Å². The lowest BCUT2D eigenvalue weighted by Gasteiger charge is -2.21. The normalized spacial score (nSPS) is 10.3. The number of amides is 1. The summed E-state index contributed by atoms with van der Waals surface area (Å²) >= 11 is 1.34. The van der Waals surface area contributed by atoms with Crippen molar-refractivity contribution in [3.8, 4) is 0 Å². The Morgan fingerprint density at radius 3 is 2.55 bits per heavy atom. The van der Waals surface area contributed by atoms with Gasteiger partial charge in [-0.15, -0.1) is 11.3 Å². The molecule has 0 fully saturated rings. The SMILES string of the molecule is COC(=O)CCN(Cc1ccc(F)cc1)C(=O)c1cccs1. The first kappa shape index (κ1) is 16.2. The zero-order valence-corrected chi connectivity index (χ0v) is 12.9. The lowest BCUT2D eigenvalue weighted by atomic mass is 10.2. The number of thiophene rings is 1. The third-order valence-corrected chi connectivity index (χ3v) is 3.98. The van der Waals surface area contributed by atoms with E-state index in [9.17, 15) is 14.0 Å². The first-order valence-corrected chi connectivity index (χ1v) is 7.62. The second-order valence-corrected chi connectivity index (χ2v) is 5.60. The molecule has 0 aliphatic carbocycles. The monoisotopic (exact) mass is 321 g/mol. The molecule has 0 spiro atoms. The maximum absolute atomic E-state index is 13.0. The van der Waals surface area contributed by atoms with Crippen LogP contribution in [0.15, 0.2) is 41.8 Å². The molecule has 0 saturated carbocycles. The number of benzene rings is 1. The van der Waals surface area contributed by atoms with Gasteiger partial charge in [-0.3, -0.25) is 9.59 Å². The summed E-state index contributed by atoms with van der Waals surface area (Å²) in [5.74, 6) is -0.847. The number of methoxy groups -OCH3 is 1. The molecule has 4 nitrogen and oxygen atoms in total. The van der Waals surface area contributed by atoms with Crippen LogP contribution < -0.4 is 0 Å². The Kier molecular flexibility index (Phi) is 5.66. The van der Waals surface area contributed by atoms with E-state index in [1.54, 1.807) is 29.2 Å². The van der Waals surface area contributed by atoms with Crippen molar-refractivity contribution < 1.29 is 18.7 Å². The molecule has 1 aromatic carbocycles. The van der Waals surface area contributed by atoms with Crippen molar-refractivity contribution in [3.63, 3.8) is 0 Å². The molecule has 2 aromatic rings. The summed E-state index contributed by atoms with van der Waals surface area (Å²) in [6, 6.07) is 9.49. The van der Waals surface area contributed by atoms with E-state index in [0.29, 0.717) is 11.4 Å². The molecule has 6 heteroatoms. The van der Waals surface area contributed by atoms with Crippen molar-refractivity contribution in [3.05, 3.63) is 58.0 Å². The Bertz CT molecular complexity index is 625. The number of hydrogen-bond acceptors (Lipinski definition) is 4. The molecule has 0 unspecified atom stereocenters. The molecular formula is C16H16FNO3S. The van der Waals surface area contributed by atoms with Gasteiger partial charge in [0.15, 0.2) is 0 Å². The molecular weight excluding hydrogens is 305 g/mol. The molecule has 0 N–H and O–H groups in total. The Labute approximate surface area is 132 Å². The fraction of sp³-hybridized carbons (Fsp3) is 0.250. The van der Waals surface area contributed by atoms with E-state index in [1.165, 1.54) is 30.6 Å². The van der Waals surface area contributed by atoms with Crippen LogP contribution in [0.1, 0.15) is 21.7 Å². The molecule has 116 valence electrons. The van der Waals surface area contributed by atoms with Gasteiger partial charge < -0.3 is 9.64 Å². The molecule has 22 heavy (non-hydrogen) atoms. The Morgan fingerprint density at radius 2 is 1.95 bits per heavy atom. The highest BCUT2D eigenvalue weighted by Gasteiger charge is 2.18.